The zero-order chi connectivity index (χ0) is 23.4. The molecule has 2 aromatic carbocycles. The lowest BCUT2D eigenvalue weighted by Crippen LogP contribution is -2.46. The average Bonchev–Trinajstić information content (AvgIpc) is 2.77. The van der Waals surface area contributed by atoms with Gasteiger partial charge >= 0.3 is 5.97 Å². The van der Waals surface area contributed by atoms with Crippen LogP contribution in [-0.4, -0.2) is 37.1 Å². The molecule has 1 aliphatic carbocycles. The summed E-state index contributed by atoms with van der Waals surface area (Å²) in [7, 11) is 1.61. The molecule has 2 N–H and O–H groups in total. The Morgan fingerprint density at radius 1 is 1.03 bits per heavy atom. The maximum atomic E-state index is 12.2. The van der Waals surface area contributed by atoms with Gasteiger partial charge in [-0.25, -0.2) is 4.79 Å². The number of methoxy groups -OCH3 is 1. The molecule has 6 nitrogen and oxygen atoms in total. The van der Waals surface area contributed by atoms with Crippen molar-refractivity contribution in [3.8, 4) is 11.5 Å². The molecule has 0 saturated heterocycles. The number of aliphatic carboxylic acids is 1. The lowest BCUT2D eigenvalue weighted by molar-refractivity contribution is -0.143. The summed E-state index contributed by atoms with van der Waals surface area (Å²) in [5.74, 6) is 0.496. The summed E-state index contributed by atoms with van der Waals surface area (Å²) in [6.45, 7) is 4.60. The van der Waals surface area contributed by atoms with Gasteiger partial charge in [0.15, 0.2) is 11.5 Å². The first-order valence-electron chi connectivity index (χ1n) is 11.2. The fourth-order valence-corrected chi connectivity index (χ4v) is 4.19. The molecule has 1 fully saturated rings. The van der Waals surface area contributed by atoms with Gasteiger partial charge in [0.1, 0.15) is 12.3 Å². The van der Waals surface area contributed by atoms with Crippen molar-refractivity contribution >= 4 is 18.4 Å². The van der Waals surface area contributed by atoms with E-state index >= 15 is 0 Å². The number of nitrogens with one attached hydrogen (secondary N) is 1. The highest BCUT2D eigenvalue weighted by Gasteiger charge is 2.38. The highest BCUT2D eigenvalue weighted by atomic mass is 16.5. The maximum Gasteiger partial charge on any atom is 0.329 e. The van der Waals surface area contributed by atoms with Gasteiger partial charge in [-0.15, -0.1) is 0 Å². The molecule has 0 radical (unpaired) electrons. The van der Waals surface area contributed by atoms with Crippen molar-refractivity contribution in [1.29, 1.82) is 0 Å². The summed E-state index contributed by atoms with van der Waals surface area (Å²) in [5.41, 5.74) is 2.29. The Morgan fingerprint density at radius 2 is 1.72 bits per heavy atom. The fraction of sp³-hybridized carbons (Fsp3) is 0.462. The van der Waals surface area contributed by atoms with Gasteiger partial charge in [-0.2, -0.15) is 0 Å². The van der Waals surface area contributed by atoms with E-state index in [0.29, 0.717) is 30.9 Å². The third kappa shape index (κ3) is 7.01. The minimum absolute atomic E-state index is 0.521. The average molecular weight is 442 g/mol. The molecule has 0 unspecified atom stereocenters. The van der Waals surface area contributed by atoms with E-state index in [-0.39, 0.29) is 0 Å². The molecule has 0 bridgehead atoms. The molecule has 6 heteroatoms. The van der Waals surface area contributed by atoms with Crippen LogP contribution in [0.2, 0.25) is 0 Å². The summed E-state index contributed by atoms with van der Waals surface area (Å²) in [5, 5.41) is 13.3. The van der Waals surface area contributed by atoms with Gasteiger partial charge in [-0.3, -0.25) is 0 Å². The minimum atomic E-state index is -0.923. The highest BCUT2D eigenvalue weighted by molar-refractivity contribution is 5.83. The van der Waals surface area contributed by atoms with Crippen molar-refractivity contribution in [3.63, 3.8) is 0 Å². The van der Waals surface area contributed by atoms with Crippen LogP contribution in [0.1, 0.15) is 56.1 Å². The molecule has 1 aliphatic rings. The van der Waals surface area contributed by atoms with Crippen LogP contribution in [0.3, 0.4) is 0 Å². The highest BCUT2D eigenvalue weighted by Crippen LogP contribution is 2.35. The summed E-state index contributed by atoms with van der Waals surface area (Å²) in [6.07, 6.45) is 7.29. The zero-order valence-corrected chi connectivity index (χ0v) is 19.2. The SMILES string of the molecule is C=O.COc1ccc(NC2(C(=O)O)CCCCCCC2)cc1OCCc1cccc(C)c1. The van der Waals surface area contributed by atoms with Gasteiger partial charge in [0.05, 0.1) is 13.7 Å². The molecular formula is C26H35NO5. The Hall–Kier alpha value is -3.02. The summed E-state index contributed by atoms with van der Waals surface area (Å²) in [4.78, 5) is 20.2. The van der Waals surface area contributed by atoms with Gasteiger partial charge in [-0.05, 0) is 37.5 Å². The first-order valence-corrected chi connectivity index (χ1v) is 11.2. The maximum absolute atomic E-state index is 12.2. The normalized spacial score (nSPS) is 15.3. The summed E-state index contributed by atoms with van der Waals surface area (Å²) < 4.78 is 11.5. The molecule has 0 spiro atoms. The number of ether oxygens (including phenoxy) is 2. The predicted octanol–water partition coefficient (Wildman–Crippen LogP) is 5.42. The Morgan fingerprint density at radius 3 is 2.34 bits per heavy atom. The van der Waals surface area contributed by atoms with Crippen LogP contribution in [0.15, 0.2) is 42.5 Å². The molecule has 0 aliphatic heterocycles. The van der Waals surface area contributed by atoms with Gasteiger partial charge in [0.25, 0.3) is 0 Å². The van der Waals surface area contributed by atoms with Crippen LogP contribution in [0.25, 0.3) is 0 Å². The van der Waals surface area contributed by atoms with E-state index in [2.05, 4.69) is 36.5 Å². The Bertz CT molecular complexity index is 859. The zero-order valence-electron chi connectivity index (χ0n) is 19.2. The monoisotopic (exact) mass is 441 g/mol. The molecule has 0 amide bonds. The van der Waals surface area contributed by atoms with E-state index in [1.165, 1.54) is 17.5 Å². The second-order valence-electron chi connectivity index (χ2n) is 8.23. The minimum Gasteiger partial charge on any atom is -0.493 e. The molecule has 32 heavy (non-hydrogen) atoms. The number of carbonyl (C=O) groups is 2. The number of carboxylic acids is 1. The van der Waals surface area contributed by atoms with Crippen LogP contribution in [-0.2, 0) is 16.0 Å². The second-order valence-corrected chi connectivity index (χ2v) is 8.23. The lowest BCUT2D eigenvalue weighted by Gasteiger charge is -2.33. The number of aryl methyl sites for hydroxylation is 1. The number of carboxylic acid groups (broad SMARTS) is 1. The summed E-state index contributed by atoms with van der Waals surface area (Å²) >= 11 is 0. The molecule has 3 rings (SSSR count). The van der Waals surface area contributed by atoms with E-state index in [0.717, 1.165) is 37.8 Å². The molecule has 2 aromatic rings. The van der Waals surface area contributed by atoms with Crippen molar-refractivity contribution in [2.24, 2.45) is 0 Å². The number of rotatable bonds is 8. The molecule has 0 atom stereocenters. The molecular weight excluding hydrogens is 406 g/mol. The van der Waals surface area contributed by atoms with E-state index in [4.69, 9.17) is 14.3 Å². The fourth-order valence-electron chi connectivity index (χ4n) is 4.19. The van der Waals surface area contributed by atoms with Gasteiger partial charge in [-0.1, -0.05) is 61.9 Å². The van der Waals surface area contributed by atoms with Crippen molar-refractivity contribution in [3.05, 3.63) is 53.6 Å². The third-order valence-electron chi connectivity index (χ3n) is 5.89. The quantitative estimate of drug-likeness (QED) is 0.569. The molecule has 1 saturated carbocycles. The molecule has 0 aromatic heterocycles. The van der Waals surface area contributed by atoms with Crippen LogP contribution in [0.4, 0.5) is 5.69 Å². The van der Waals surface area contributed by atoms with Crippen LogP contribution >= 0.6 is 0 Å². The van der Waals surface area contributed by atoms with Crippen LogP contribution in [0, 0.1) is 6.92 Å². The van der Waals surface area contributed by atoms with E-state index in [1.54, 1.807) is 7.11 Å². The van der Waals surface area contributed by atoms with Gasteiger partial charge < -0.3 is 24.7 Å². The topological polar surface area (TPSA) is 84.9 Å². The van der Waals surface area contributed by atoms with E-state index in [1.807, 2.05) is 25.0 Å². The van der Waals surface area contributed by atoms with Gasteiger partial charge in [0, 0.05) is 18.2 Å². The number of hydrogen-bond donors (Lipinski definition) is 2. The Kier molecular flexibility index (Phi) is 10.1. The van der Waals surface area contributed by atoms with E-state index < -0.39 is 11.5 Å². The number of anilines is 1. The summed E-state index contributed by atoms with van der Waals surface area (Å²) in [6, 6.07) is 13.9. The smallest absolute Gasteiger partial charge is 0.329 e. The predicted molar refractivity (Wildman–Crippen MR) is 127 cm³/mol. The van der Waals surface area contributed by atoms with Gasteiger partial charge in [0.2, 0.25) is 0 Å². The molecule has 0 heterocycles. The van der Waals surface area contributed by atoms with Crippen LogP contribution in [0.5, 0.6) is 11.5 Å². The van der Waals surface area contributed by atoms with E-state index in [9.17, 15) is 9.90 Å². The second kappa shape index (κ2) is 12.7. The van der Waals surface area contributed by atoms with Crippen molar-refractivity contribution in [2.75, 3.05) is 19.0 Å². The standard InChI is InChI=1S/C25H33NO4.CH2O/c1-19-9-8-10-20(17-19)13-16-30-23-18-21(11-12-22(23)29-2)26-25(24(27)28)14-6-4-3-5-7-15-25;1-2/h8-12,17-18,26H,3-7,13-16H2,1-2H3,(H,27,28);1H2. The molecule has 174 valence electrons. The van der Waals surface area contributed by atoms with Crippen molar-refractivity contribution < 1.29 is 24.2 Å². The van der Waals surface area contributed by atoms with Crippen molar-refractivity contribution in [2.45, 2.75) is 63.8 Å². The van der Waals surface area contributed by atoms with Crippen molar-refractivity contribution in [1.82, 2.24) is 0 Å². The number of carbonyl (C=O) groups excluding carboxylic acids is 1. The third-order valence-corrected chi connectivity index (χ3v) is 5.89. The largest absolute Gasteiger partial charge is 0.493 e. The Labute approximate surface area is 190 Å². The first kappa shape index (κ1) is 25.2. The lowest BCUT2D eigenvalue weighted by atomic mass is 9.83. The number of hydrogen-bond acceptors (Lipinski definition) is 5. The Balaban J connectivity index is 0.00000176. The number of benzene rings is 2. The van der Waals surface area contributed by atoms with Crippen LogP contribution < -0.4 is 14.8 Å². The first-order chi connectivity index (χ1) is 15.5.